The van der Waals surface area contributed by atoms with Crippen LogP contribution in [0.25, 0.3) is 0 Å². The van der Waals surface area contributed by atoms with Gasteiger partial charge in [-0.15, -0.1) is 0 Å². The maximum absolute atomic E-state index is 12.1. The number of hydrogen-bond donors (Lipinski definition) is 1. The molecule has 0 radical (unpaired) electrons. The van der Waals surface area contributed by atoms with Crippen LogP contribution in [0.5, 0.6) is 0 Å². The summed E-state index contributed by atoms with van der Waals surface area (Å²) in [5, 5.41) is 8.65. The first-order valence-corrected chi connectivity index (χ1v) is 7.05. The van der Waals surface area contributed by atoms with E-state index in [4.69, 9.17) is 5.11 Å². The lowest BCUT2D eigenvalue weighted by Crippen LogP contribution is -2.41. The van der Waals surface area contributed by atoms with Gasteiger partial charge in [-0.2, -0.15) is 0 Å². The van der Waals surface area contributed by atoms with Crippen LogP contribution in [-0.2, 0) is 9.59 Å². The van der Waals surface area contributed by atoms with Crippen molar-refractivity contribution < 1.29 is 14.7 Å². The molecule has 18 heavy (non-hydrogen) atoms. The molecule has 1 unspecified atom stereocenters. The number of carbonyl (C=O) groups is 2. The van der Waals surface area contributed by atoms with Crippen molar-refractivity contribution in [2.45, 2.75) is 52.4 Å². The summed E-state index contributed by atoms with van der Waals surface area (Å²) in [6.07, 6.45) is 4.92. The largest absolute Gasteiger partial charge is 0.481 e. The summed E-state index contributed by atoms with van der Waals surface area (Å²) in [7, 11) is 0. The van der Waals surface area contributed by atoms with Gasteiger partial charge in [0, 0.05) is 25.4 Å². The fourth-order valence-electron chi connectivity index (χ4n) is 2.64. The summed E-state index contributed by atoms with van der Waals surface area (Å²) < 4.78 is 0. The highest BCUT2D eigenvalue weighted by molar-refractivity contribution is 5.78. The first kappa shape index (κ1) is 15.0. The molecule has 0 saturated carbocycles. The lowest BCUT2D eigenvalue weighted by atomic mass is 9.91. The minimum absolute atomic E-state index is 0.130. The van der Waals surface area contributed by atoms with Gasteiger partial charge >= 0.3 is 5.97 Å². The van der Waals surface area contributed by atoms with Gasteiger partial charge in [-0.05, 0) is 31.6 Å². The summed E-state index contributed by atoms with van der Waals surface area (Å²) in [5.41, 5.74) is 0. The smallest absolute Gasteiger partial charge is 0.303 e. The number of carboxylic acid groups (broad SMARTS) is 1. The standard InChI is InChI=1S/C14H25NO3/c1-3-4-11(2)14(18)15-9-7-12(8-10-15)5-6-13(16)17/h11-12H,3-10H2,1-2H3,(H,16,17). The number of likely N-dealkylation sites (tertiary alicyclic amines) is 1. The van der Waals surface area contributed by atoms with E-state index in [1.54, 1.807) is 0 Å². The molecule has 0 aromatic heterocycles. The Kier molecular flexibility index (Phi) is 6.16. The zero-order valence-corrected chi connectivity index (χ0v) is 11.5. The van der Waals surface area contributed by atoms with Crippen molar-refractivity contribution in [2.75, 3.05) is 13.1 Å². The van der Waals surface area contributed by atoms with Crippen molar-refractivity contribution >= 4 is 11.9 Å². The average molecular weight is 255 g/mol. The summed E-state index contributed by atoms with van der Waals surface area (Å²) in [4.78, 5) is 24.6. The van der Waals surface area contributed by atoms with Gasteiger partial charge in [0.15, 0.2) is 0 Å². The number of carboxylic acids is 1. The number of carbonyl (C=O) groups excluding carboxylic acids is 1. The second-order valence-corrected chi connectivity index (χ2v) is 5.39. The van der Waals surface area contributed by atoms with Gasteiger partial charge < -0.3 is 10.0 Å². The van der Waals surface area contributed by atoms with E-state index >= 15 is 0 Å². The van der Waals surface area contributed by atoms with Crippen molar-refractivity contribution in [2.24, 2.45) is 11.8 Å². The molecule has 1 aliphatic rings. The minimum atomic E-state index is -0.718. The van der Waals surface area contributed by atoms with E-state index in [0.29, 0.717) is 5.92 Å². The first-order valence-electron chi connectivity index (χ1n) is 7.05. The second kappa shape index (κ2) is 7.39. The SMILES string of the molecule is CCCC(C)C(=O)N1CCC(CCC(=O)O)CC1. The lowest BCUT2D eigenvalue weighted by molar-refractivity contribution is -0.139. The zero-order valence-electron chi connectivity index (χ0n) is 11.5. The number of hydrogen-bond acceptors (Lipinski definition) is 2. The average Bonchev–Trinajstić information content (AvgIpc) is 2.36. The van der Waals surface area contributed by atoms with E-state index in [1.807, 2.05) is 11.8 Å². The number of nitrogens with zero attached hydrogens (tertiary/aromatic N) is 1. The van der Waals surface area contributed by atoms with Crippen molar-refractivity contribution in [3.05, 3.63) is 0 Å². The van der Waals surface area contributed by atoms with Crippen LogP contribution in [0, 0.1) is 11.8 Å². The molecule has 0 aromatic rings. The van der Waals surface area contributed by atoms with Gasteiger partial charge in [0.2, 0.25) is 5.91 Å². The molecule has 0 bridgehead atoms. The maximum Gasteiger partial charge on any atom is 0.303 e. The van der Waals surface area contributed by atoms with E-state index in [2.05, 4.69) is 6.92 Å². The molecule has 1 fully saturated rings. The normalized spacial score (nSPS) is 18.7. The maximum atomic E-state index is 12.1. The second-order valence-electron chi connectivity index (χ2n) is 5.39. The topological polar surface area (TPSA) is 57.6 Å². The predicted octanol–water partition coefficient (Wildman–Crippen LogP) is 2.53. The molecule has 1 atom stereocenters. The van der Waals surface area contributed by atoms with Crippen LogP contribution >= 0.6 is 0 Å². The Bertz CT molecular complexity index is 283. The molecule has 1 saturated heterocycles. The van der Waals surface area contributed by atoms with Crippen LogP contribution in [0.15, 0.2) is 0 Å². The minimum Gasteiger partial charge on any atom is -0.481 e. The highest BCUT2D eigenvalue weighted by Crippen LogP contribution is 2.23. The van der Waals surface area contributed by atoms with Crippen LogP contribution in [-0.4, -0.2) is 35.0 Å². The Balaban J connectivity index is 2.30. The molecule has 1 heterocycles. The van der Waals surface area contributed by atoms with Crippen molar-refractivity contribution in [1.82, 2.24) is 4.90 Å². The van der Waals surface area contributed by atoms with E-state index in [0.717, 1.165) is 45.2 Å². The van der Waals surface area contributed by atoms with Gasteiger partial charge in [0.1, 0.15) is 0 Å². The monoisotopic (exact) mass is 255 g/mol. The highest BCUT2D eigenvalue weighted by Gasteiger charge is 2.25. The molecule has 0 spiro atoms. The number of rotatable bonds is 6. The fourth-order valence-corrected chi connectivity index (χ4v) is 2.64. The van der Waals surface area contributed by atoms with Crippen LogP contribution in [0.1, 0.15) is 52.4 Å². The third-order valence-corrected chi connectivity index (χ3v) is 3.84. The van der Waals surface area contributed by atoms with E-state index in [-0.39, 0.29) is 18.2 Å². The van der Waals surface area contributed by atoms with Crippen molar-refractivity contribution in [3.8, 4) is 0 Å². The van der Waals surface area contributed by atoms with Crippen LogP contribution in [0.3, 0.4) is 0 Å². The summed E-state index contributed by atoms with van der Waals surface area (Å²) in [6.45, 7) is 5.71. The Labute approximate surface area is 109 Å². The van der Waals surface area contributed by atoms with Gasteiger partial charge in [-0.1, -0.05) is 20.3 Å². The number of amides is 1. The molecule has 0 aliphatic carbocycles. The lowest BCUT2D eigenvalue weighted by Gasteiger charge is -2.33. The van der Waals surface area contributed by atoms with Crippen LogP contribution < -0.4 is 0 Å². The molecule has 1 aliphatic heterocycles. The van der Waals surface area contributed by atoms with E-state index in [9.17, 15) is 9.59 Å². The van der Waals surface area contributed by atoms with Gasteiger partial charge in [0.25, 0.3) is 0 Å². The Morgan fingerprint density at radius 3 is 2.44 bits per heavy atom. The summed E-state index contributed by atoms with van der Waals surface area (Å²) in [5.74, 6) is 0.163. The molecule has 4 nitrogen and oxygen atoms in total. The number of aliphatic carboxylic acids is 1. The Morgan fingerprint density at radius 2 is 1.94 bits per heavy atom. The van der Waals surface area contributed by atoms with Gasteiger partial charge in [-0.3, -0.25) is 9.59 Å². The van der Waals surface area contributed by atoms with Gasteiger partial charge in [0.05, 0.1) is 0 Å². The molecule has 104 valence electrons. The predicted molar refractivity (Wildman–Crippen MR) is 70.2 cm³/mol. The zero-order chi connectivity index (χ0) is 13.5. The van der Waals surface area contributed by atoms with Crippen LogP contribution in [0.2, 0.25) is 0 Å². The Hall–Kier alpha value is -1.06. The third-order valence-electron chi connectivity index (χ3n) is 3.84. The number of piperidine rings is 1. The first-order chi connectivity index (χ1) is 8.54. The molecular weight excluding hydrogens is 230 g/mol. The van der Waals surface area contributed by atoms with E-state index < -0.39 is 5.97 Å². The molecule has 4 heteroatoms. The Morgan fingerprint density at radius 1 is 1.33 bits per heavy atom. The highest BCUT2D eigenvalue weighted by atomic mass is 16.4. The summed E-state index contributed by atoms with van der Waals surface area (Å²) >= 11 is 0. The quantitative estimate of drug-likeness (QED) is 0.793. The molecule has 1 amide bonds. The van der Waals surface area contributed by atoms with Gasteiger partial charge in [-0.25, -0.2) is 0 Å². The van der Waals surface area contributed by atoms with Crippen LogP contribution in [0.4, 0.5) is 0 Å². The molecule has 0 aromatic carbocycles. The van der Waals surface area contributed by atoms with Crippen molar-refractivity contribution in [3.63, 3.8) is 0 Å². The fraction of sp³-hybridized carbons (Fsp3) is 0.857. The molecular formula is C14H25NO3. The summed E-state index contributed by atoms with van der Waals surface area (Å²) in [6, 6.07) is 0. The molecule has 1 N–H and O–H groups in total. The van der Waals surface area contributed by atoms with E-state index in [1.165, 1.54) is 0 Å². The third kappa shape index (κ3) is 4.67. The molecule has 1 rings (SSSR count). The van der Waals surface area contributed by atoms with Crippen molar-refractivity contribution in [1.29, 1.82) is 0 Å².